The molecular formula is C28H32N2O5. The number of carboxylic acid groups (broad SMARTS) is 1. The lowest BCUT2D eigenvalue weighted by molar-refractivity contribution is -0.142. The number of aliphatic carboxylic acids is 1. The van der Waals surface area contributed by atoms with Gasteiger partial charge in [0.2, 0.25) is 5.91 Å². The molecule has 7 heteroatoms. The normalized spacial score (nSPS) is 21.6. The maximum Gasteiger partial charge on any atom is 0.407 e. The first-order chi connectivity index (χ1) is 17.0. The van der Waals surface area contributed by atoms with Crippen molar-refractivity contribution in [2.45, 2.75) is 50.5 Å². The Kier molecular flexibility index (Phi) is 6.75. The number of amides is 2. The molecule has 184 valence electrons. The Morgan fingerprint density at radius 3 is 2.23 bits per heavy atom. The van der Waals surface area contributed by atoms with E-state index >= 15 is 0 Å². The van der Waals surface area contributed by atoms with Gasteiger partial charge in [-0.05, 0) is 59.8 Å². The zero-order valence-corrected chi connectivity index (χ0v) is 19.7. The van der Waals surface area contributed by atoms with Gasteiger partial charge >= 0.3 is 12.1 Å². The van der Waals surface area contributed by atoms with E-state index in [1.54, 1.807) is 0 Å². The van der Waals surface area contributed by atoms with Crippen LogP contribution in [-0.2, 0) is 14.3 Å². The summed E-state index contributed by atoms with van der Waals surface area (Å²) in [5.74, 6) is -1.03. The van der Waals surface area contributed by atoms with Crippen LogP contribution in [0.2, 0.25) is 0 Å². The molecule has 2 aromatic carbocycles. The molecule has 2 fully saturated rings. The Morgan fingerprint density at radius 2 is 1.60 bits per heavy atom. The summed E-state index contributed by atoms with van der Waals surface area (Å²) >= 11 is 0. The van der Waals surface area contributed by atoms with Crippen molar-refractivity contribution in [2.24, 2.45) is 17.8 Å². The second kappa shape index (κ2) is 10.1. The van der Waals surface area contributed by atoms with E-state index in [1.807, 2.05) is 24.3 Å². The topological polar surface area (TPSA) is 105 Å². The lowest BCUT2D eigenvalue weighted by atomic mass is 9.98. The van der Waals surface area contributed by atoms with Crippen molar-refractivity contribution in [2.75, 3.05) is 13.2 Å². The van der Waals surface area contributed by atoms with Gasteiger partial charge < -0.3 is 20.5 Å². The molecule has 3 unspecified atom stereocenters. The average molecular weight is 477 g/mol. The lowest BCUT2D eigenvalue weighted by Crippen LogP contribution is -2.42. The lowest BCUT2D eigenvalue weighted by Gasteiger charge is -2.21. The Balaban J connectivity index is 1.13. The highest BCUT2D eigenvalue weighted by Gasteiger charge is 2.37. The standard InChI is InChI=1S/C28H32N2O5/c31-26(30-25-11-5-10-23(25)27(32)33)14-18(17-12-13-17)15-29-28(34)35-16-24-21-8-3-1-6-19(21)20-7-2-4-9-22(20)24/h1-4,6-9,17-18,23-25H,5,10-16H2,(H,29,34)(H,30,31)(H,32,33). The largest absolute Gasteiger partial charge is 0.481 e. The number of rotatable bonds is 9. The summed E-state index contributed by atoms with van der Waals surface area (Å²) in [5.41, 5.74) is 4.70. The maximum absolute atomic E-state index is 12.6. The minimum Gasteiger partial charge on any atom is -0.481 e. The van der Waals surface area contributed by atoms with Crippen LogP contribution in [0.15, 0.2) is 48.5 Å². The molecule has 0 saturated heterocycles. The number of fused-ring (bicyclic) bond motifs is 3. The molecule has 3 aliphatic carbocycles. The number of hydrogen-bond acceptors (Lipinski definition) is 4. The average Bonchev–Trinajstić information content (AvgIpc) is 3.51. The number of benzene rings is 2. The molecule has 35 heavy (non-hydrogen) atoms. The molecule has 3 aliphatic rings. The molecule has 0 aliphatic heterocycles. The van der Waals surface area contributed by atoms with Gasteiger partial charge in [0, 0.05) is 24.9 Å². The van der Waals surface area contributed by atoms with Gasteiger partial charge in [0.1, 0.15) is 6.61 Å². The molecule has 0 heterocycles. The summed E-state index contributed by atoms with van der Waals surface area (Å²) in [6.07, 6.45) is 4.04. The summed E-state index contributed by atoms with van der Waals surface area (Å²) in [6.45, 7) is 0.633. The third-order valence-electron chi connectivity index (χ3n) is 7.77. The zero-order valence-electron chi connectivity index (χ0n) is 19.7. The van der Waals surface area contributed by atoms with Gasteiger partial charge in [-0.1, -0.05) is 55.0 Å². The molecule has 3 N–H and O–H groups in total. The molecule has 0 radical (unpaired) electrons. The summed E-state index contributed by atoms with van der Waals surface area (Å²) < 4.78 is 5.63. The van der Waals surface area contributed by atoms with E-state index in [0.717, 1.165) is 19.3 Å². The van der Waals surface area contributed by atoms with E-state index in [4.69, 9.17) is 4.74 Å². The molecular weight excluding hydrogens is 444 g/mol. The van der Waals surface area contributed by atoms with Crippen molar-refractivity contribution < 1.29 is 24.2 Å². The van der Waals surface area contributed by atoms with Crippen LogP contribution in [0.3, 0.4) is 0 Å². The predicted octanol–water partition coefficient (Wildman–Crippen LogP) is 4.31. The van der Waals surface area contributed by atoms with Crippen LogP contribution < -0.4 is 10.6 Å². The molecule has 0 bridgehead atoms. The van der Waals surface area contributed by atoms with E-state index in [0.29, 0.717) is 25.3 Å². The smallest absolute Gasteiger partial charge is 0.407 e. The molecule has 0 spiro atoms. The SMILES string of the molecule is O=C(CC(CNC(=O)OCC1c2ccccc2-c2ccccc21)C1CC1)NC1CCCC1C(=O)O. The minimum atomic E-state index is -0.844. The third kappa shape index (κ3) is 5.19. The Hall–Kier alpha value is -3.35. The molecule has 7 nitrogen and oxygen atoms in total. The van der Waals surface area contributed by atoms with Crippen molar-refractivity contribution >= 4 is 18.0 Å². The molecule has 3 atom stereocenters. The summed E-state index contributed by atoms with van der Waals surface area (Å²) in [5, 5.41) is 15.1. The summed E-state index contributed by atoms with van der Waals surface area (Å²) in [4.78, 5) is 36.6. The number of alkyl carbamates (subject to hydrolysis) is 1. The number of nitrogens with one attached hydrogen (secondary N) is 2. The number of hydrogen-bond donors (Lipinski definition) is 3. The zero-order chi connectivity index (χ0) is 24.4. The van der Waals surface area contributed by atoms with Crippen LogP contribution in [0, 0.1) is 17.8 Å². The highest BCUT2D eigenvalue weighted by atomic mass is 16.5. The molecule has 5 rings (SSSR count). The molecule has 0 aromatic heterocycles. The summed E-state index contributed by atoms with van der Waals surface area (Å²) in [7, 11) is 0. The number of carboxylic acids is 1. The number of carbonyl (C=O) groups excluding carboxylic acids is 2. The first-order valence-electron chi connectivity index (χ1n) is 12.6. The highest BCUT2D eigenvalue weighted by Crippen LogP contribution is 2.44. The van der Waals surface area contributed by atoms with Gasteiger partial charge in [-0.15, -0.1) is 0 Å². The van der Waals surface area contributed by atoms with Crippen molar-refractivity contribution in [1.29, 1.82) is 0 Å². The predicted molar refractivity (Wildman–Crippen MR) is 131 cm³/mol. The van der Waals surface area contributed by atoms with Gasteiger partial charge in [0.15, 0.2) is 0 Å². The first kappa shape index (κ1) is 23.4. The fourth-order valence-electron chi connectivity index (χ4n) is 5.77. The number of ether oxygens (including phenoxy) is 1. The minimum absolute atomic E-state index is 0.00625. The van der Waals surface area contributed by atoms with Crippen LogP contribution in [0.1, 0.15) is 55.6 Å². The maximum atomic E-state index is 12.6. The van der Waals surface area contributed by atoms with E-state index < -0.39 is 18.0 Å². The second-order valence-corrected chi connectivity index (χ2v) is 10.1. The Morgan fingerprint density at radius 1 is 0.943 bits per heavy atom. The quantitative estimate of drug-likeness (QED) is 0.500. The van der Waals surface area contributed by atoms with Gasteiger partial charge in [-0.3, -0.25) is 9.59 Å². The Labute approximate surface area is 205 Å². The van der Waals surface area contributed by atoms with Gasteiger partial charge in [-0.2, -0.15) is 0 Å². The first-order valence-corrected chi connectivity index (χ1v) is 12.6. The van der Waals surface area contributed by atoms with Gasteiger partial charge in [-0.25, -0.2) is 4.79 Å². The van der Waals surface area contributed by atoms with Crippen LogP contribution >= 0.6 is 0 Å². The van der Waals surface area contributed by atoms with Crippen molar-refractivity contribution in [3.05, 3.63) is 59.7 Å². The fraction of sp³-hybridized carbons (Fsp3) is 0.464. The number of carbonyl (C=O) groups is 3. The van der Waals surface area contributed by atoms with Crippen LogP contribution in [-0.4, -0.2) is 42.3 Å². The van der Waals surface area contributed by atoms with E-state index in [1.165, 1.54) is 22.3 Å². The van der Waals surface area contributed by atoms with Crippen molar-refractivity contribution in [1.82, 2.24) is 10.6 Å². The van der Waals surface area contributed by atoms with Gasteiger partial charge in [0.05, 0.1) is 5.92 Å². The third-order valence-corrected chi connectivity index (χ3v) is 7.77. The van der Waals surface area contributed by atoms with Crippen LogP contribution in [0.25, 0.3) is 11.1 Å². The monoisotopic (exact) mass is 476 g/mol. The van der Waals surface area contributed by atoms with E-state index in [-0.39, 0.29) is 36.8 Å². The summed E-state index contributed by atoms with van der Waals surface area (Å²) in [6, 6.07) is 16.1. The molecule has 2 amide bonds. The van der Waals surface area contributed by atoms with Gasteiger partial charge in [0.25, 0.3) is 0 Å². The van der Waals surface area contributed by atoms with E-state index in [2.05, 4.69) is 34.9 Å². The second-order valence-electron chi connectivity index (χ2n) is 10.1. The van der Waals surface area contributed by atoms with Crippen LogP contribution in [0.4, 0.5) is 4.79 Å². The Bertz CT molecular complexity index is 1070. The fourth-order valence-corrected chi connectivity index (χ4v) is 5.77. The molecule has 2 saturated carbocycles. The highest BCUT2D eigenvalue weighted by molar-refractivity contribution is 5.80. The van der Waals surface area contributed by atoms with E-state index in [9.17, 15) is 19.5 Å². The molecule has 2 aromatic rings. The van der Waals surface area contributed by atoms with Crippen LogP contribution in [0.5, 0.6) is 0 Å². The van der Waals surface area contributed by atoms with Crippen molar-refractivity contribution in [3.8, 4) is 11.1 Å². The van der Waals surface area contributed by atoms with Crippen molar-refractivity contribution in [3.63, 3.8) is 0 Å².